The molecule has 1 amide bonds. The van der Waals surface area contributed by atoms with Crippen LogP contribution in [0.4, 0.5) is 4.39 Å². The Hall–Kier alpha value is -3.69. The zero-order chi connectivity index (χ0) is 22.2. The third-order valence-electron chi connectivity index (χ3n) is 5.66. The first-order chi connectivity index (χ1) is 15.5. The quantitative estimate of drug-likeness (QED) is 0.485. The van der Waals surface area contributed by atoms with Gasteiger partial charge in [0.25, 0.3) is 11.7 Å². The summed E-state index contributed by atoms with van der Waals surface area (Å²) in [7, 11) is 0. The summed E-state index contributed by atoms with van der Waals surface area (Å²) < 4.78 is 20.9. The first kappa shape index (κ1) is 20.2. The predicted molar refractivity (Wildman–Crippen MR) is 112 cm³/mol. The number of amides is 1. The lowest BCUT2D eigenvalue weighted by Crippen LogP contribution is -2.41. The molecule has 1 fully saturated rings. The number of nitrogens with zero attached hydrogens (tertiary/aromatic N) is 7. The van der Waals surface area contributed by atoms with Gasteiger partial charge in [0.2, 0.25) is 17.5 Å². The van der Waals surface area contributed by atoms with Crippen molar-refractivity contribution in [1.82, 2.24) is 34.6 Å². The maximum Gasteiger partial charge on any atom is 0.293 e. The predicted octanol–water partition coefficient (Wildman–Crippen LogP) is 3.03. The molecule has 0 spiro atoms. The van der Waals surface area contributed by atoms with Gasteiger partial charge < -0.3 is 9.42 Å². The number of carbonyl (C=O) groups is 1. The van der Waals surface area contributed by atoms with E-state index in [-0.39, 0.29) is 23.5 Å². The van der Waals surface area contributed by atoms with Crippen LogP contribution in [0.15, 0.2) is 34.9 Å². The Kier molecular flexibility index (Phi) is 5.12. The van der Waals surface area contributed by atoms with Crippen molar-refractivity contribution >= 4 is 11.7 Å². The van der Waals surface area contributed by atoms with Gasteiger partial charge in [-0.2, -0.15) is 9.97 Å². The van der Waals surface area contributed by atoms with Crippen molar-refractivity contribution in [2.24, 2.45) is 5.92 Å². The van der Waals surface area contributed by atoms with Crippen LogP contribution in [0.25, 0.3) is 17.2 Å². The lowest BCUT2D eigenvalue weighted by molar-refractivity contribution is 0.0656. The smallest absolute Gasteiger partial charge is 0.293 e. The second kappa shape index (κ2) is 8.10. The Labute approximate surface area is 183 Å². The Bertz CT molecular complexity index is 1300. The topological polar surface area (TPSA) is 102 Å². The molecule has 9 nitrogen and oxygen atoms in total. The van der Waals surface area contributed by atoms with Crippen molar-refractivity contribution in [3.05, 3.63) is 59.3 Å². The molecule has 32 heavy (non-hydrogen) atoms. The largest absolute Gasteiger partial charge is 0.339 e. The van der Waals surface area contributed by atoms with E-state index < -0.39 is 5.82 Å². The molecule has 0 bridgehead atoms. The first-order valence-electron chi connectivity index (χ1n) is 10.6. The molecule has 1 aromatic carbocycles. The standard InChI is InChI=1S/C22H22FN7O2/c1-13-10-14(2)30-22(24-13)26-20(27-30)21(31)29-9-5-6-15(12-29)11-18-25-19(28-32-18)16-7-3-4-8-17(16)23/h3-4,7-8,10,15H,5-6,9,11-12H2,1-2H3. The number of hydrogen-bond donors (Lipinski definition) is 0. The fourth-order valence-corrected chi connectivity index (χ4v) is 4.15. The number of fused-ring (bicyclic) bond motifs is 1. The van der Waals surface area contributed by atoms with Crippen molar-refractivity contribution in [1.29, 1.82) is 0 Å². The highest BCUT2D eigenvalue weighted by Crippen LogP contribution is 2.24. The molecular weight excluding hydrogens is 413 g/mol. The first-order valence-corrected chi connectivity index (χ1v) is 10.6. The summed E-state index contributed by atoms with van der Waals surface area (Å²) in [4.78, 5) is 27.9. The minimum atomic E-state index is -0.394. The number of aryl methyl sites for hydroxylation is 2. The average Bonchev–Trinajstić information content (AvgIpc) is 3.41. The van der Waals surface area contributed by atoms with Crippen LogP contribution in [-0.4, -0.2) is 53.6 Å². The molecule has 0 aliphatic carbocycles. The van der Waals surface area contributed by atoms with Crippen LogP contribution in [0, 0.1) is 25.6 Å². The van der Waals surface area contributed by atoms with Gasteiger partial charge in [0.1, 0.15) is 5.82 Å². The Balaban J connectivity index is 1.29. The molecule has 0 saturated carbocycles. The van der Waals surface area contributed by atoms with Crippen molar-refractivity contribution in [3.63, 3.8) is 0 Å². The number of halogens is 1. The highest BCUT2D eigenvalue weighted by Gasteiger charge is 2.28. The van der Waals surface area contributed by atoms with Gasteiger partial charge in [-0.05, 0) is 50.8 Å². The molecule has 1 aliphatic heterocycles. The molecule has 0 N–H and O–H groups in total. The van der Waals surface area contributed by atoms with Crippen LogP contribution in [0.1, 0.15) is 40.7 Å². The lowest BCUT2D eigenvalue weighted by atomic mass is 9.94. The summed E-state index contributed by atoms with van der Waals surface area (Å²) in [5.74, 6) is 0.778. The van der Waals surface area contributed by atoms with E-state index in [1.807, 2.05) is 19.9 Å². The third-order valence-corrected chi connectivity index (χ3v) is 5.66. The molecule has 3 aromatic heterocycles. The Morgan fingerprint density at radius 3 is 2.91 bits per heavy atom. The van der Waals surface area contributed by atoms with Gasteiger partial charge in [-0.3, -0.25) is 4.79 Å². The van der Waals surface area contributed by atoms with E-state index in [0.717, 1.165) is 24.2 Å². The van der Waals surface area contributed by atoms with E-state index in [2.05, 4.69) is 25.2 Å². The van der Waals surface area contributed by atoms with Crippen molar-refractivity contribution in [3.8, 4) is 11.4 Å². The van der Waals surface area contributed by atoms with E-state index in [1.165, 1.54) is 6.07 Å². The van der Waals surface area contributed by atoms with Gasteiger partial charge in [-0.1, -0.05) is 17.3 Å². The van der Waals surface area contributed by atoms with Crippen LogP contribution in [0.3, 0.4) is 0 Å². The normalized spacial score (nSPS) is 16.6. The number of piperidine rings is 1. The Morgan fingerprint density at radius 1 is 1.22 bits per heavy atom. The average molecular weight is 435 g/mol. The summed E-state index contributed by atoms with van der Waals surface area (Å²) >= 11 is 0. The van der Waals surface area contributed by atoms with Crippen molar-refractivity contribution in [2.45, 2.75) is 33.1 Å². The number of carbonyl (C=O) groups excluding carboxylic acids is 1. The minimum absolute atomic E-state index is 0.145. The van der Waals surface area contributed by atoms with E-state index in [4.69, 9.17) is 4.52 Å². The van der Waals surface area contributed by atoms with Crippen molar-refractivity contribution < 1.29 is 13.7 Å². The van der Waals surface area contributed by atoms with E-state index in [1.54, 1.807) is 27.6 Å². The van der Waals surface area contributed by atoms with Crippen molar-refractivity contribution in [2.75, 3.05) is 13.1 Å². The van der Waals surface area contributed by atoms with E-state index in [0.29, 0.717) is 36.7 Å². The van der Waals surface area contributed by atoms with Gasteiger partial charge in [-0.25, -0.2) is 13.9 Å². The van der Waals surface area contributed by atoms with Gasteiger partial charge in [0.05, 0.1) is 5.56 Å². The molecule has 1 atom stereocenters. The lowest BCUT2D eigenvalue weighted by Gasteiger charge is -2.31. The summed E-state index contributed by atoms with van der Waals surface area (Å²) in [5, 5.41) is 8.28. The monoisotopic (exact) mass is 435 g/mol. The van der Waals surface area contributed by atoms with Gasteiger partial charge in [0, 0.05) is 30.9 Å². The number of benzene rings is 1. The number of likely N-dealkylation sites (tertiary alicyclic amines) is 1. The summed E-state index contributed by atoms with van der Waals surface area (Å²) in [6, 6.07) is 8.22. The van der Waals surface area contributed by atoms with Crippen LogP contribution in [-0.2, 0) is 6.42 Å². The van der Waals surface area contributed by atoms with Crippen LogP contribution in [0.2, 0.25) is 0 Å². The maximum atomic E-state index is 14.0. The van der Waals surface area contributed by atoms with Gasteiger partial charge in [-0.15, -0.1) is 5.10 Å². The fourth-order valence-electron chi connectivity index (χ4n) is 4.15. The number of rotatable bonds is 4. The number of hydrogen-bond acceptors (Lipinski definition) is 7. The van der Waals surface area contributed by atoms with E-state index >= 15 is 0 Å². The van der Waals surface area contributed by atoms with E-state index in [9.17, 15) is 9.18 Å². The SMILES string of the molecule is Cc1cc(C)n2nc(C(=O)N3CCCC(Cc4nc(-c5ccccc5F)no4)C3)nc2n1. The van der Waals surface area contributed by atoms with Crippen LogP contribution < -0.4 is 0 Å². The zero-order valence-electron chi connectivity index (χ0n) is 17.8. The summed E-state index contributed by atoms with van der Waals surface area (Å²) in [5.41, 5.74) is 2.01. The highest BCUT2D eigenvalue weighted by atomic mass is 19.1. The van der Waals surface area contributed by atoms with Gasteiger partial charge in [0.15, 0.2) is 0 Å². The molecule has 4 heterocycles. The maximum absolute atomic E-state index is 14.0. The second-order valence-electron chi connectivity index (χ2n) is 8.14. The molecular formula is C22H22FN7O2. The Morgan fingerprint density at radius 2 is 2.06 bits per heavy atom. The summed E-state index contributed by atoms with van der Waals surface area (Å²) in [6.07, 6.45) is 2.30. The second-order valence-corrected chi connectivity index (χ2v) is 8.14. The molecule has 0 radical (unpaired) electrons. The molecule has 4 aromatic rings. The van der Waals surface area contributed by atoms with Crippen LogP contribution in [0.5, 0.6) is 0 Å². The fraction of sp³-hybridized carbons (Fsp3) is 0.364. The van der Waals surface area contributed by atoms with Crippen LogP contribution >= 0.6 is 0 Å². The molecule has 1 unspecified atom stereocenters. The third kappa shape index (κ3) is 3.83. The molecule has 164 valence electrons. The molecule has 5 rings (SSSR count). The molecule has 1 aliphatic rings. The minimum Gasteiger partial charge on any atom is -0.339 e. The molecule has 1 saturated heterocycles. The zero-order valence-corrected chi connectivity index (χ0v) is 17.8. The number of aromatic nitrogens is 6. The molecule has 10 heteroatoms. The summed E-state index contributed by atoms with van der Waals surface area (Å²) in [6.45, 7) is 4.97. The van der Waals surface area contributed by atoms with Gasteiger partial charge >= 0.3 is 0 Å². The highest BCUT2D eigenvalue weighted by molar-refractivity contribution is 5.91.